The number of halogens is 1. The van der Waals surface area contributed by atoms with E-state index in [1.807, 2.05) is 43.9 Å². The van der Waals surface area contributed by atoms with E-state index in [4.69, 9.17) is 15.1 Å². The smallest absolute Gasteiger partial charge is 0.225 e. The third-order valence-corrected chi connectivity index (χ3v) is 6.61. The maximum atomic E-state index is 13.6. The molecule has 36 heavy (non-hydrogen) atoms. The highest BCUT2D eigenvalue weighted by atomic mass is 19.1. The summed E-state index contributed by atoms with van der Waals surface area (Å²) in [5.41, 5.74) is 3.38. The van der Waals surface area contributed by atoms with E-state index in [-0.39, 0.29) is 17.6 Å². The molecule has 0 aliphatic carbocycles. The Morgan fingerprint density at radius 2 is 1.72 bits per heavy atom. The van der Waals surface area contributed by atoms with Crippen molar-refractivity contribution in [2.75, 3.05) is 31.1 Å². The molecule has 7 nitrogen and oxygen atoms in total. The van der Waals surface area contributed by atoms with Crippen molar-refractivity contribution in [2.24, 2.45) is 5.92 Å². The molecule has 1 aliphatic heterocycles. The lowest BCUT2D eigenvalue weighted by Gasteiger charge is -2.24. The molecule has 1 aliphatic rings. The van der Waals surface area contributed by atoms with Crippen molar-refractivity contribution >= 4 is 22.8 Å². The van der Waals surface area contributed by atoms with Crippen molar-refractivity contribution < 1.29 is 9.18 Å². The SMILES string of the molecule is Cc1nn(-c2ccc(F)cc2)c2nc(Cc3ccccc3)nc(N3CCCN(C(=O)C(C)C)CC3)c12. The highest BCUT2D eigenvalue weighted by Crippen LogP contribution is 2.30. The minimum atomic E-state index is -0.294. The van der Waals surface area contributed by atoms with Crippen LogP contribution in [0.1, 0.15) is 37.4 Å². The van der Waals surface area contributed by atoms with Crippen LogP contribution in [0.4, 0.5) is 10.2 Å². The van der Waals surface area contributed by atoms with Crippen LogP contribution in [0.25, 0.3) is 16.7 Å². The van der Waals surface area contributed by atoms with Gasteiger partial charge < -0.3 is 9.80 Å². The number of nitrogens with zero attached hydrogens (tertiary/aromatic N) is 6. The van der Waals surface area contributed by atoms with Crippen molar-refractivity contribution in [1.29, 1.82) is 0 Å². The lowest BCUT2D eigenvalue weighted by Crippen LogP contribution is -2.37. The van der Waals surface area contributed by atoms with E-state index in [1.165, 1.54) is 12.1 Å². The minimum absolute atomic E-state index is 0.0176. The zero-order valence-electron chi connectivity index (χ0n) is 21.0. The Kier molecular flexibility index (Phi) is 6.67. The quantitative estimate of drug-likeness (QED) is 0.414. The molecule has 3 heterocycles. The Morgan fingerprint density at radius 1 is 0.972 bits per heavy atom. The molecule has 2 aromatic carbocycles. The van der Waals surface area contributed by atoms with Crippen LogP contribution in [-0.4, -0.2) is 56.7 Å². The van der Waals surface area contributed by atoms with Gasteiger partial charge in [0.05, 0.1) is 16.8 Å². The Hall–Kier alpha value is -3.81. The summed E-state index contributed by atoms with van der Waals surface area (Å²) in [6.07, 6.45) is 1.45. The summed E-state index contributed by atoms with van der Waals surface area (Å²) in [7, 11) is 0. The summed E-state index contributed by atoms with van der Waals surface area (Å²) in [5, 5.41) is 5.67. The van der Waals surface area contributed by atoms with E-state index >= 15 is 0 Å². The van der Waals surface area contributed by atoms with E-state index in [9.17, 15) is 9.18 Å². The van der Waals surface area contributed by atoms with Crippen molar-refractivity contribution in [3.8, 4) is 5.69 Å². The van der Waals surface area contributed by atoms with E-state index in [0.29, 0.717) is 31.0 Å². The standard InChI is InChI=1S/C28H31FN6O/c1-19(2)28(36)34-15-7-14-33(16-17-34)26-25-20(3)32-35(23-12-10-22(29)11-13-23)27(25)31-24(30-26)18-21-8-5-4-6-9-21/h4-6,8-13,19H,7,14-18H2,1-3H3. The second-order valence-electron chi connectivity index (χ2n) is 9.62. The molecule has 4 aromatic rings. The Morgan fingerprint density at radius 3 is 2.44 bits per heavy atom. The van der Waals surface area contributed by atoms with Gasteiger partial charge in [-0.05, 0) is 43.2 Å². The summed E-state index contributed by atoms with van der Waals surface area (Å²) in [6, 6.07) is 16.4. The van der Waals surface area contributed by atoms with Gasteiger partial charge in [-0.15, -0.1) is 0 Å². The predicted octanol–water partition coefficient (Wildman–Crippen LogP) is 4.55. The summed E-state index contributed by atoms with van der Waals surface area (Å²) in [5.74, 6) is 1.42. The largest absolute Gasteiger partial charge is 0.354 e. The van der Waals surface area contributed by atoms with E-state index in [2.05, 4.69) is 17.0 Å². The zero-order valence-corrected chi connectivity index (χ0v) is 21.0. The topological polar surface area (TPSA) is 67.2 Å². The summed E-state index contributed by atoms with van der Waals surface area (Å²) >= 11 is 0. The number of hydrogen-bond acceptors (Lipinski definition) is 5. The van der Waals surface area contributed by atoms with E-state index < -0.39 is 0 Å². The van der Waals surface area contributed by atoms with Crippen molar-refractivity contribution in [1.82, 2.24) is 24.6 Å². The fraction of sp³-hybridized carbons (Fsp3) is 0.357. The fourth-order valence-corrected chi connectivity index (χ4v) is 4.77. The second kappa shape index (κ2) is 10.0. The number of aromatic nitrogens is 4. The van der Waals surface area contributed by atoms with Crippen molar-refractivity contribution in [2.45, 2.75) is 33.6 Å². The van der Waals surface area contributed by atoms with Gasteiger partial charge in [0.2, 0.25) is 5.91 Å². The van der Waals surface area contributed by atoms with Gasteiger partial charge >= 0.3 is 0 Å². The van der Waals surface area contributed by atoms with Gasteiger partial charge in [-0.2, -0.15) is 5.10 Å². The van der Waals surface area contributed by atoms with Gasteiger partial charge in [0.1, 0.15) is 17.5 Å². The molecule has 1 saturated heterocycles. The van der Waals surface area contributed by atoms with Crippen LogP contribution in [0.2, 0.25) is 0 Å². The van der Waals surface area contributed by atoms with Gasteiger partial charge in [0, 0.05) is 38.5 Å². The third kappa shape index (κ3) is 4.80. The van der Waals surface area contributed by atoms with Crippen LogP contribution in [0.3, 0.4) is 0 Å². The van der Waals surface area contributed by atoms with Crippen LogP contribution in [0.15, 0.2) is 54.6 Å². The lowest BCUT2D eigenvalue weighted by atomic mass is 10.1. The highest BCUT2D eigenvalue weighted by molar-refractivity contribution is 5.91. The number of carbonyl (C=O) groups is 1. The average Bonchev–Trinajstić information content (AvgIpc) is 3.04. The molecular weight excluding hydrogens is 455 g/mol. The molecule has 0 radical (unpaired) electrons. The minimum Gasteiger partial charge on any atom is -0.354 e. The molecule has 1 amide bonds. The number of hydrogen-bond donors (Lipinski definition) is 0. The average molecular weight is 487 g/mol. The third-order valence-electron chi connectivity index (χ3n) is 6.61. The van der Waals surface area contributed by atoms with Gasteiger partial charge in [-0.25, -0.2) is 19.0 Å². The number of benzene rings is 2. The van der Waals surface area contributed by atoms with Gasteiger partial charge in [0.25, 0.3) is 0 Å². The van der Waals surface area contributed by atoms with Gasteiger partial charge in [0.15, 0.2) is 5.65 Å². The van der Waals surface area contributed by atoms with Crippen LogP contribution >= 0.6 is 0 Å². The van der Waals surface area contributed by atoms with Crippen LogP contribution in [0, 0.1) is 18.7 Å². The number of rotatable bonds is 5. The number of amides is 1. The molecule has 0 saturated carbocycles. The molecule has 0 unspecified atom stereocenters. The molecule has 8 heteroatoms. The predicted molar refractivity (Wildman–Crippen MR) is 139 cm³/mol. The van der Waals surface area contributed by atoms with E-state index in [0.717, 1.165) is 47.7 Å². The zero-order chi connectivity index (χ0) is 25.2. The van der Waals surface area contributed by atoms with E-state index in [1.54, 1.807) is 16.8 Å². The summed E-state index contributed by atoms with van der Waals surface area (Å²) < 4.78 is 15.4. The van der Waals surface area contributed by atoms with Gasteiger partial charge in [-0.1, -0.05) is 44.2 Å². The fourth-order valence-electron chi connectivity index (χ4n) is 4.77. The first-order chi connectivity index (χ1) is 17.4. The normalized spacial score (nSPS) is 14.5. The monoisotopic (exact) mass is 486 g/mol. The lowest BCUT2D eigenvalue weighted by molar-refractivity contribution is -0.134. The summed E-state index contributed by atoms with van der Waals surface area (Å²) in [4.78, 5) is 26.9. The first-order valence-electron chi connectivity index (χ1n) is 12.5. The van der Waals surface area contributed by atoms with Gasteiger partial charge in [-0.3, -0.25) is 4.79 Å². The Bertz CT molecular complexity index is 1370. The van der Waals surface area contributed by atoms with Crippen LogP contribution in [0.5, 0.6) is 0 Å². The van der Waals surface area contributed by atoms with Crippen LogP contribution < -0.4 is 4.90 Å². The molecule has 5 rings (SSSR count). The Balaban J connectivity index is 1.59. The molecule has 0 atom stereocenters. The molecule has 186 valence electrons. The molecular formula is C28H31FN6O. The number of fused-ring (bicyclic) bond motifs is 1. The molecule has 2 aromatic heterocycles. The highest BCUT2D eigenvalue weighted by Gasteiger charge is 2.25. The van der Waals surface area contributed by atoms with Crippen molar-refractivity contribution in [3.63, 3.8) is 0 Å². The molecule has 0 N–H and O–H groups in total. The number of aryl methyl sites for hydroxylation is 1. The second-order valence-corrected chi connectivity index (χ2v) is 9.62. The molecule has 0 spiro atoms. The Labute approximate surface area is 210 Å². The van der Waals surface area contributed by atoms with Crippen LogP contribution in [-0.2, 0) is 11.2 Å². The number of carbonyl (C=O) groups excluding carboxylic acids is 1. The molecule has 1 fully saturated rings. The summed E-state index contributed by atoms with van der Waals surface area (Å²) in [6.45, 7) is 8.73. The molecule has 0 bridgehead atoms. The number of anilines is 1. The van der Waals surface area contributed by atoms with Crippen molar-refractivity contribution in [3.05, 3.63) is 77.5 Å². The maximum absolute atomic E-state index is 13.6. The first-order valence-corrected chi connectivity index (χ1v) is 12.5. The first kappa shape index (κ1) is 23.9. The maximum Gasteiger partial charge on any atom is 0.225 e.